The molecule has 0 aliphatic heterocycles. The van der Waals surface area contributed by atoms with Gasteiger partial charge in [0.1, 0.15) is 0 Å². The summed E-state index contributed by atoms with van der Waals surface area (Å²) in [5, 5.41) is 12.2. The molecule has 0 heterocycles. The van der Waals surface area contributed by atoms with Gasteiger partial charge in [-0.3, -0.25) is 0 Å². The van der Waals surface area contributed by atoms with E-state index in [2.05, 4.69) is 18.3 Å². The Morgan fingerprint density at radius 2 is 2.21 bits per heavy atom. The molecule has 0 radical (unpaired) electrons. The molecule has 0 unspecified atom stereocenters. The zero-order valence-corrected chi connectivity index (χ0v) is 8.33. The highest BCUT2D eigenvalue weighted by molar-refractivity contribution is 5.50. The van der Waals surface area contributed by atoms with Crippen molar-refractivity contribution in [3.63, 3.8) is 0 Å². The molecule has 0 amide bonds. The van der Waals surface area contributed by atoms with Gasteiger partial charge in [0.2, 0.25) is 0 Å². The molecule has 14 heavy (non-hydrogen) atoms. The molecule has 1 aromatic rings. The van der Waals surface area contributed by atoms with Crippen molar-refractivity contribution in [2.45, 2.75) is 25.8 Å². The molecule has 1 N–H and O–H groups in total. The van der Waals surface area contributed by atoms with E-state index >= 15 is 0 Å². The monoisotopic (exact) mass is 186 g/mol. The smallest absolute Gasteiger partial charge is 0.0992 e. The van der Waals surface area contributed by atoms with Gasteiger partial charge in [0, 0.05) is 11.7 Å². The second kappa shape index (κ2) is 3.71. The third-order valence-electron chi connectivity index (χ3n) is 2.74. The lowest BCUT2D eigenvalue weighted by atomic mass is 9.82. The van der Waals surface area contributed by atoms with E-state index in [0.29, 0.717) is 6.04 Å². The van der Waals surface area contributed by atoms with Gasteiger partial charge in [0.05, 0.1) is 11.6 Å². The molecule has 1 aromatic carbocycles. The van der Waals surface area contributed by atoms with Gasteiger partial charge in [0.25, 0.3) is 0 Å². The Balaban J connectivity index is 2.00. The number of hydrogen-bond donors (Lipinski definition) is 1. The minimum absolute atomic E-state index is 0.610. The summed E-state index contributed by atoms with van der Waals surface area (Å²) in [6.45, 7) is 2.27. The SMILES string of the molecule is CC1CC(Nc2cccc(C#N)c2)C1. The Labute approximate surface area is 84.6 Å². The first-order valence-corrected chi connectivity index (χ1v) is 5.04. The van der Waals surface area contributed by atoms with E-state index in [1.165, 1.54) is 12.8 Å². The predicted molar refractivity (Wildman–Crippen MR) is 57.0 cm³/mol. The average molecular weight is 186 g/mol. The fourth-order valence-electron chi connectivity index (χ4n) is 1.93. The summed E-state index contributed by atoms with van der Waals surface area (Å²) in [4.78, 5) is 0. The van der Waals surface area contributed by atoms with Crippen molar-refractivity contribution in [1.82, 2.24) is 0 Å². The standard InChI is InChI=1S/C12H14N2/c1-9-5-12(6-9)14-11-4-2-3-10(7-11)8-13/h2-4,7,9,12,14H,5-6H2,1H3. The summed E-state index contributed by atoms with van der Waals surface area (Å²) in [5.74, 6) is 0.853. The van der Waals surface area contributed by atoms with Crippen LogP contribution in [-0.4, -0.2) is 6.04 Å². The van der Waals surface area contributed by atoms with Crippen molar-refractivity contribution in [3.05, 3.63) is 29.8 Å². The molecule has 1 aliphatic carbocycles. The van der Waals surface area contributed by atoms with E-state index in [1.807, 2.05) is 24.3 Å². The van der Waals surface area contributed by atoms with E-state index < -0.39 is 0 Å². The maximum atomic E-state index is 8.73. The van der Waals surface area contributed by atoms with Crippen LogP contribution in [0.5, 0.6) is 0 Å². The quantitative estimate of drug-likeness (QED) is 0.770. The lowest BCUT2D eigenvalue weighted by Crippen LogP contribution is -2.33. The van der Waals surface area contributed by atoms with Gasteiger partial charge >= 0.3 is 0 Å². The van der Waals surface area contributed by atoms with Crippen LogP contribution in [0.1, 0.15) is 25.3 Å². The molecule has 2 heteroatoms. The van der Waals surface area contributed by atoms with Crippen LogP contribution < -0.4 is 5.32 Å². The highest BCUT2D eigenvalue weighted by atomic mass is 14.9. The zero-order valence-electron chi connectivity index (χ0n) is 8.33. The van der Waals surface area contributed by atoms with Crippen LogP contribution >= 0.6 is 0 Å². The molecule has 2 nitrogen and oxygen atoms in total. The number of anilines is 1. The topological polar surface area (TPSA) is 35.8 Å². The van der Waals surface area contributed by atoms with Crippen molar-refractivity contribution < 1.29 is 0 Å². The van der Waals surface area contributed by atoms with Crippen molar-refractivity contribution in [3.8, 4) is 6.07 Å². The highest BCUT2D eigenvalue weighted by Crippen LogP contribution is 2.29. The number of benzene rings is 1. The normalized spacial score (nSPS) is 24.9. The number of hydrogen-bond acceptors (Lipinski definition) is 2. The van der Waals surface area contributed by atoms with E-state index in [9.17, 15) is 0 Å². The van der Waals surface area contributed by atoms with E-state index in [-0.39, 0.29) is 0 Å². The predicted octanol–water partition coefficient (Wildman–Crippen LogP) is 2.77. The second-order valence-electron chi connectivity index (χ2n) is 4.11. The van der Waals surface area contributed by atoms with Crippen molar-refractivity contribution in [2.75, 3.05) is 5.32 Å². The summed E-state index contributed by atoms with van der Waals surface area (Å²) in [6, 6.07) is 10.4. The Morgan fingerprint density at radius 3 is 2.86 bits per heavy atom. The summed E-state index contributed by atoms with van der Waals surface area (Å²) in [5.41, 5.74) is 1.79. The lowest BCUT2D eigenvalue weighted by molar-refractivity contribution is 0.309. The maximum Gasteiger partial charge on any atom is 0.0992 e. The van der Waals surface area contributed by atoms with Crippen molar-refractivity contribution in [1.29, 1.82) is 5.26 Å². The largest absolute Gasteiger partial charge is 0.382 e. The molecular formula is C12H14N2. The van der Waals surface area contributed by atoms with Gasteiger partial charge in [-0.25, -0.2) is 0 Å². The van der Waals surface area contributed by atoms with Crippen LogP contribution in [0.15, 0.2) is 24.3 Å². The summed E-state index contributed by atoms with van der Waals surface area (Å²) >= 11 is 0. The zero-order chi connectivity index (χ0) is 9.97. The minimum atomic E-state index is 0.610. The summed E-state index contributed by atoms with van der Waals surface area (Å²) < 4.78 is 0. The molecule has 72 valence electrons. The summed E-state index contributed by atoms with van der Waals surface area (Å²) in [7, 11) is 0. The van der Waals surface area contributed by atoms with Crippen molar-refractivity contribution in [2.24, 2.45) is 5.92 Å². The van der Waals surface area contributed by atoms with E-state index in [4.69, 9.17) is 5.26 Å². The van der Waals surface area contributed by atoms with Crippen LogP contribution in [0.25, 0.3) is 0 Å². The van der Waals surface area contributed by atoms with E-state index in [1.54, 1.807) is 0 Å². The molecule has 2 rings (SSSR count). The number of nitrogens with one attached hydrogen (secondary N) is 1. The Kier molecular flexibility index (Phi) is 2.41. The Hall–Kier alpha value is -1.49. The fourth-order valence-corrected chi connectivity index (χ4v) is 1.93. The first-order chi connectivity index (χ1) is 6.78. The van der Waals surface area contributed by atoms with Crippen LogP contribution in [0.2, 0.25) is 0 Å². The van der Waals surface area contributed by atoms with Crippen LogP contribution in [0.4, 0.5) is 5.69 Å². The molecular weight excluding hydrogens is 172 g/mol. The van der Waals surface area contributed by atoms with Crippen molar-refractivity contribution >= 4 is 5.69 Å². The van der Waals surface area contributed by atoms with E-state index in [0.717, 1.165) is 17.2 Å². The highest BCUT2D eigenvalue weighted by Gasteiger charge is 2.24. The van der Waals surface area contributed by atoms with Gasteiger partial charge in [-0.15, -0.1) is 0 Å². The van der Waals surface area contributed by atoms with Gasteiger partial charge in [-0.2, -0.15) is 5.26 Å². The third-order valence-corrected chi connectivity index (χ3v) is 2.74. The molecule has 1 fully saturated rings. The number of nitriles is 1. The first kappa shape index (κ1) is 9.08. The molecule has 0 aromatic heterocycles. The average Bonchev–Trinajstić information content (AvgIpc) is 2.16. The molecule has 0 atom stereocenters. The van der Waals surface area contributed by atoms with Crippen LogP contribution in [-0.2, 0) is 0 Å². The molecule has 1 aliphatic rings. The molecule has 0 saturated heterocycles. The lowest BCUT2D eigenvalue weighted by Gasteiger charge is -2.34. The number of nitrogens with zero attached hydrogens (tertiary/aromatic N) is 1. The Morgan fingerprint density at radius 1 is 1.43 bits per heavy atom. The van der Waals surface area contributed by atoms with Gasteiger partial charge in [-0.1, -0.05) is 13.0 Å². The minimum Gasteiger partial charge on any atom is -0.382 e. The number of rotatable bonds is 2. The second-order valence-corrected chi connectivity index (χ2v) is 4.11. The molecule has 0 spiro atoms. The first-order valence-electron chi connectivity index (χ1n) is 5.04. The van der Waals surface area contributed by atoms with Crippen LogP contribution in [0, 0.1) is 17.2 Å². The summed E-state index contributed by atoms with van der Waals surface area (Å²) in [6.07, 6.45) is 2.49. The third kappa shape index (κ3) is 1.88. The fraction of sp³-hybridized carbons (Fsp3) is 0.417. The molecule has 1 saturated carbocycles. The van der Waals surface area contributed by atoms with Crippen LogP contribution in [0.3, 0.4) is 0 Å². The Bertz CT molecular complexity index is 359. The maximum absolute atomic E-state index is 8.73. The molecule has 0 bridgehead atoms. The van der Waals surface area contributed by atoms with Gasteiger partial charge < -0.3 is 5.32 Å². The van der Waals surface area contributed by atoms with Gasteiger partial charge in [-0.05, 0) is 37.0 Å². The van der Waals surface area contributed by atoms with Gasteiger partial charge in [0.15, 0.2) is 0 Å².